The predicted octanol–water partition coefficient (Wildman–Crippen LogP) is 3.16. The van der Waals surface area contributed by atoms with Gasteiger partial charge >= 0.3 is 12.1 Å². The van der Waals surface area contributed by atoms with Gasteiger partial charge in [0, 0.05) is 0 Å². The fourth-order valence-electron chi connectivity index (χ4n) is 1.80. The van der Waals surface area contributed by atoms with Gasteiger partial charge in [0.2, 0.25) is 0 Å². The Morgan fingerprint density at radius 3 is 2.33 bits per heavy atom. The van der Waals surface area contributed by atoms with E-state index in [9.17, 15) is 27.2 Å². The Morgan fingerprint density at radius 2 is 1.86 bits per heavy atom. The number of ketones is 1. The Hall–Kier alpha value is -1.92. The Kier molecular flexibility index (Phi) is 5.46. The standard InChI is InChI=1S/C14H14F4O3/c1-3-21-13(20)12(8(2)19)6-9-4-10(14(16,17)18)7-11(15)5-9/h4-5,7,12H,3,6H2,1-2H3. The summed E-state index contributed by atoms with van der Waals surface area (Å²) in [5.41, 5.74) is -1.25. The van der Waals surface area contributed by atoms with Gasteiger partial charge in [0.25, 0.3) is 0 Å². The maximum absolute atomic E-state index is 13.3. The quantitative estimate of drug-likeness (QED) is 0.477. The van der Waals surface area contributed by atoms with E-state index in [-0.39, 0.29) is 18.6 Å². The maximum atomic E-state index is 13.3. The van der Waals surface area contributed by atoms with E-state index in [1.165, 1.54) is 0 Å². The topological polar surface area (TPSA) is 43.4 Å². The van der Waals surface area contributed by atoms with Crippen LogP contribution in [0.25, 0.3) is 0 Å². The minimum atomic E-state index is -4.70. The Labute approximate surface area is 118 Å². The van der Waals surface area contributed by atoms with Crippen molar-refractivity contribution < 1.29 is 31.9 Å². The summed E-state index contributed by atoms with van der Waals surface area (Å²) < 4.78 is 55.7. The van der Waals surface area contributed by atoms with Gasteiger partial charge in [-0.05, 0) is 44.0 Å². The third-order valence-corrected chi connectivity index (χ3v) is 2.79. The van der Waals surface area contributed by atoms with Crippen LogP contribution in [0.5, 0.6) is 0 Å². The van der Waals surface area contributed by atoms with E-state index in [0.717, 1.165) is 19.1 Å². The molecule has 7 heteroatoms. The minimum absolute atomic E-state index is 0.0412. The van der Waals surface area contributed by atoms with Crippen molar-refractivity contribution in [1.29, 1.82) is 0 Å². The van der Waals surface area contributed by atoms with Gasteiger partial charge in [-0.3, -0.25) is 9.59 Å². The Morgan fingerprint density at radius 1 is 1.24 bits per heavy atom. The van der Waals surface area contributed by atoms with Gasteiger partial charge < -0.3 is 4.74 Å². The summed E-state index contributed by atoms with van der Waals surface area (Å²) >= 11 is 0. The molecule has 1 atom stereocenters. The zero-order valence-corrected chi connectivity index (χ0v) is 11.5. The molecule has 1 rings (SSSR count). The van der Waals surface area contributed by atoms with Crippen LogP contribution in [0, 0.1) is 11.7 Å². The lowest BCUT2D eigenvalue weighted by Gasteiger charge is -2.14. The number of Topliss-reactive ketones (excluding diaryl/α,β-unsaturated/α-hetero) is 1. The van der Waals surface area contributed by atoms with Crippen molar-refractivity contribution in [3.05, 3.63) is 35.1 Å². The van der Waals surface area contributed by atoms with E-state index < -0.39 is 35.2 Å². The molecule has 0 aliphatic heterocycles. The molecule has 0 saturated carbocycles. The number of hydrogen-bond donors (Lipinski definition) is 0. The van der Waals surface area contributed by atoms with Gasteiger partial charge in [-0.15, -0.1) is 0 Å². The zero-order valence-electron chi connectivity index (χ0n) is 11.5. The van der Waals surface area contributed by atoms with Crippen molar-refractivity contribution in [3.8, 4) is 0 Å². The van der Waals surface area contributed by atoms with Crippen LogP contribution in [-0.4, -0.2) is 18.4 Å². The highest BCUT2D eigenvalue weighted by Gasteiger charge is 2.32. The lowest BCUT2D eigenvalue weighted by Crippen LogP contribution is -2.26. The van der Waals surface area contributed by atoms with Gasteiger partial charge in [0.15, 0.2) is 0 Å². The molecule has 1 unspecified atom stereocenters. The maximum Gasteiger partial charge on any atom is 0.416 e. The molecule has 1 aromatic rings. The molecule has 21 heavy (non-hydrogen) atoms. The van der Waals surface area contributed by atoms with Crippen molar-refractivity contribution >= 4 is 11.8 Å². The molecule has 0 aliphatic carbocycles. The molecule has 0 aromatic heterocycles. The fourth-order valence-corrected chi connectivity index (χ4v) is 1.80. The van der Waals surface area contributed by atoms with E-state index in [0.29, 0.717) is 6.07 Å². The molecular formula is C14H14F4O3. The summed E-state index contributed by atoms with van der Waals surface area (Å²) in [6.07, 6.45) is -5.04. The first-order valence-corrected chi connectivity index (χ1v) is 6.19. The average Bonchev–Trinajstić information content (AvgIpc) is 2.34. The fraction of sp³-hybridized carbons (Fsp3) is 0.429. The van der Waals surface area contributed by atoms with Crippen LogP contribution in [-0.2, 0) is 26.9 Å². The third-order valence-electron chi connectivity index (χ3n) is 2.79. The van der Waals surface area contributed by atoms with Crippen LogP contribution in [0.3, 0.4) is 0 Å². The summed E-state index contributed by atoms with van der Waals surface area (Å²) in [5.74, 6) is -3.70. The van der Waals surface area contributed by atoms with Gasteiger partial charge in [0.1, 0.15) is 17.5 Å². The molecule has 0 heterocycles. The van der Waals surface area contributed by atoms with Gasteiger partial charge in [0.05, 0.1) is 12.2 Å². The molecule has 0 radical (unpaired) electrons. The van der Waals surface area contributed by atoms with Crippen molar-refractivity contribution in [1.82, 2.24) is 0 Å². The highest BCUT2D eigenvalue weighted by atomic mass is 19.4. The number of halogens is 4. The van der Waals surface area contributed by atoms with Crippen molar-refractivity contribution in [2.45, 2.75) is 26.4 Å². The van der Waals surface area contributed by atoms with Gasteiger partial charge in [-0.1, -0.05) is 0 Å². The Balaban J connectivity index is 3.07. The Bertz CT molecular complexity index is 538. The lowest BCUT2D eigenvalue weighted by atomic mass is 9.95. The van der Waals surface area contributed by atoms with Crippen molar-refractivity contribution in [2.24, 2.45) is 5.92 Å². The number of carbonyl (C=O) groups excluding carboxylic acids is 2. The van der Waals surface area contributed by atoms with Crippen LogP contribution >= 0.6 is 0 Å². The number of rotatable bonds is 5. The van der Waals surface area contributed by atoms with Crippen molar-refractivity contribution in [2.75, 3.05) is 6.61 Å². The van der Waals surface area contributed by atoms with E-state index in [4.69, 9.17) is 0 Å². The summed E-state index contributed by atoms with van der Waals surface area (Å²) in [6.45, 7) is 2.71. The summed E-state index contributed by atoms with van der Waals surface area (Å²) in [4.78, 5) is 23.0. The van der Waals surface area contributed by atoms with E-state index in [2.05, 4.69) is 4.74 Å². The SMILES string of the molecule is CCOC(=O)C(Cc1cc(F)cc(C(F)(F)F)c1)C(C)=O. The van der Waals surface area contributed by atoms with Crippen LogP contribution in [0.4, 0.5) is 17.6 Å². The molecule has 0 spiro atoms. The molecule has 0 bridgehead atoms. The van der Waals surface area contributed by atoms with Crippen LogP contribution in [0.15, 0.2) is 18.2 Å². The molecule has 0 fully saturated rings. The molecule has 0 amide bonds. The third kappa shape index (κ3) is 4.84. The summed E-state index contributed by atoms with van der Waals surface area (Å²) in [7, 11) is 0. The minimum Gasteiger partial charge on any atom is -0.465 e. The number of alkyl halides is 3. The van der Waals surface area contributed by atoms with E-state index in [1.807, 2.05) is 0 Å². The molecule has 0 N–H and O–H groups in total. The first kappa shape index (κ1) is 17.1. The van der Waals surface area contributed by atoms with E-state index in [1.54, 1.807) is 6.92 Å². The number of benzene rings is 1. The molecule has 1 aromatic carbocycles. The normalized spacial score (nSPS) is 12.9. The monoisotopic (exact) mass is 306 g/mol. The zero-order chi connectivity index (χ0) is 16.2. The largest absolute Gasteiger partial charge is 0.465 e. The predicted molar refractivity (Wildman–Crippen MR) is 65.9 cm³/mol. The number of hydrogen-bond acceptors (Lipinski definition) is 3. The molecule has 116 valence electrons. The van der Waals surface area contributed by atoms with Gasteiger partial charge in [-0.25, -0.2) is 4.39 Å². The summed E-state index contributed by atoms with van der Waals surface area (Å²) in [6, 6.07) is 1.94. The highest BCUT2D eigenvalue weighted by molar-refractivity contribution is 5.98. The molecular weight excluding hydrogens is 292 g/mol. The average molecular weight is 306 g/mol. The number of esters is 1. The second-order valence-corrected chi connectivity index (χ2v) is 4.47. The summed E-state index contributed by atoms with van der Waals surface area (Å²) in [5, 5.41) is 0. The lowest BCUT2D eigenvalue weighted by molar-refractivity contribution is -0.151. The number of carbonyl (C=O) groups is 2. The molecule has 3 nitrogen and oxygen atoms in total. The second kappa shape index (κ2) is 6.69. The smallest absolute Gasteiger partial charge is 0.416 e. The van der Waals surface area contributed by atoms with E-state index >= 15 is 0 Å². The highest BCUT2D eigenvalue weighted by Crippen LogP contribution is 2.31. The van der Waals surface area contributed by atoms with Gasteiger partial charge in [-0.2, -0.15) is 13.2 Å². The second-order valence-electron chi connectivity index (χ2n) is 4.47. The molecule has 0 saturated heterocycles. The van der Waals surface area contributed by atoms with Crippen LogP contribution in [0.2, 0.25) is 0 Å². The first-order valence-electron chi connectivity index (χ1n) is 6.19. The van der Waals surface area contributed by atoms with Crippen LogP contribution < -0.4 is 0 Å². The first-order chi connectivity index (χ1) is 9.65. The van der Waals surface area contributed by atoms with Crippen molar-refractivity contribution in [3.63, 3.8) is 0 Å². The van der Waals surface area contributed by atoms with Crippen LogP contribution in [0.1, 0.15) is 25.0 Å². The number of ether oxygens (including phenoxy) is 1. The molecule has 0 aliphatic rings.